The Morgan fingerprint density at radius 1 is 0.926 bits per heavy atom. The van der Waals surface area contributed by atoms with Crippen LogP contribution in [0.5, 0.6) is 11.5 Å². The van der Waals surface area contributed by atoms with Crippen molar-refractivity contribution in [2.45, 2.75) is 26.7 Å². The minimum Gasteiger partial charge on any atom is -0.497 e. The molecular weight excluding hydrogens is 344 g/mol. The molecule has 0 atom stereocenters. The van der Waals surface area contributed by atoms with E-state index in [1.54, 1.807) is 55.6 Å². The van der Waals surface area contributed by atoms with E-state index in [9.17, 15) is 9.59 Å². The lowest BCUT2D eigenvalue weighted by molar-refractivity contribution is -0.121. The van der Waals surface area contributed by atoms with Gasteiger partial charge in [-0.25, -0.2) is 0 Å². The van der Waals surface area contributed by atoms with Gasteiger partial charge in [0.25, 0.3) is 5.91 Å². The van der Waals surface area contributed by atoms with E-state index in [1.807, 2.05) is 0 Å². The number of benzene rings is 2. The predicted molar refractivity (Wildman–Crippen MR) is 104 cm³/mol. The van der Waals surface area contributed by atoms with Gasteiger partial charge in [-0.15, -0.1) is 0 Å². The molecule has 0 radical (unpaired) electrons. The minimum atomic E-state index is -0.383. The fourth-order valence-electron chi connectivity index (χ4n) is 2.29. The van der Waals surface area contributed by atoms with Crippen LogP contribution in [0.4, 0.5) is 0 Å². The van der Waals surface area contributed by atoms with Gasteiger partial charge in [-0.1, -0.05) is 26.0 Å². The average Bonchev–Trinajstić information content (AvgIpc) is 2.67. The average molecular weight is 370 g/mol. The summed E-state index contributed by atoms with van der Waals surface area (Å²) in [6.45, 7) is 4.92. The Bertz CT molecular complexity index is 740. The molecule has 2 aromatic rings. The summed E-state index contributed by atoms with van der Waals surface area (Å²) in [5, 5.41) is 0. The molecule has 144 valence electrons. The third kappa shape index (κ3) is 7.01. The summed E-state index contributed by atoms with van der Waals surface area (Å²) in [7, 11) is 1.58. The highest BCUT2D eigenvalue weighted by atomic mass is 16.5. The number of rotatable bonds is 8. The number of hydrogen-bond acceptors (Lipinski definition) is 4. The van der Waals surface area contributed by atoms with Gasteiger partial charge < -0.3 is 9.47 Å². The minimum absolute atomic E-state index is 0.160. The van der Waals surface area contributed by atoms with E-state index in [2.05, 4.69) is 24.7 Å². The van der Waals surface area contributed by atoms with Crippen molar-refractivity contribution in [2.24, 2.45) is 5.92 Å². The Morgan fingerprint density at radius 2 is 1.56 bits per heavy atom. The summed E-state index contributed by atoms with van der Waals surface area (Å²) in [5.41, 5.74) is 6.10. The highest BCUT2D eigenvalue weighted by Gasteiger charge is 2.08. The van der Waals surface area contributed by atoms with E-state index in [0.717, 1.165) is 23.5 Å². The van der Waals surface area contributed by atoms with Crippen LogP contribution in [0.1, 0.15) is 36.2 Å². The maximum absolute atomic E-state index is 12.1. The first-order valence-electron chi connectivity index (χ1n) is 8.93. The normalized spacial score (nSPS) is 10.4. The number of carbonyl (C=O) groups is 2. The van der Waals surface area contributed by atoms with Crippen LogP contribution in [-0.4, -0.2) is 25.5 Å². The molecule has 27 heavy (non-hydrogen) atoms. The zero-order valence-electron chi connectivity index (χ0n) is 16.0. The monoisotopic (exact) mass is 370 g/mol. The molecule has 0 saturated heterocycles. The van der Waals surface area contributed by atoms with Crippen LogP contribution in [0.2, 0.25) is 0 Å². The van der Waals surface area contributed by atoms with Gasteiger partial charge in [0, 0.05) is 5.56 Å². The summed E-state index contributed by atoms with van der Waals surface area (Å²) in [6, 6.07) is 14.0. The molecule has 0 aliphatic carbocycles. The van der Waals surface area contributed by atoms with Gasteiger partial charge in [-0.2, -0.15) is 0 Å². The van der Waals surface area contributed by atoms with Gasteiger partial charge in [-0.3, -0.25) is 20.4 Å². The van der Waals surface area contributed by atoms with E-state index in [0.29, 0.717) is 18.1 Å². The van der Waals surface area contributed by atoms with Crippen molar-refractivity contribution >= 4 is 11.8 Å². The third-order valence-electron chi connectivity index (χ3n) is 3.92. The van der Waals surface area contributed by atoms with Gasteiger partial charge >= 0.3 is 0 Å². The predicted octanol–water partition coefficient (Wildman–Crippen LogP) is 3.12. The van der Waals surface area contributed by atoms with Gasteiger partial charge in [0.2, 0.25) is 5.91 Å². The van der Waals surface area contributed by atoms with Gasteiger partial charge in [0.1, 0.15) is 11.5 Å². The molecule has 0 saturated carbocycles. The van der Waals surface area contributed by atoms with Crippen molar-refractivity contribution in [3.8, 4) is 11.5 Å². The van der Waals surface area contributed by atoms with Crippen LogP contribution >= 0.6 is 0 Å². The molecule has 0 aliphatic heterocycles. The maximum Gasteiger partial charge on any atom is 0.269 e. The largest absolute Gasteiger partial charge is 0.497 e. The first kappa shape index (κ1) is 20.3. The molecule has 0 fully saturated rings. The molecule has 2 N–H and O–H groups in total. The second-order valence-corrected chi connectivity index (χ2v) is 6.58. The lowest BCUT2D eigenvalue weighted by Crippen LogP contribution is -2.42. The molecule has 2 aromatic carbocycles. The van der Waals surface area contributed by atoms with Crippen LogP contribution in [-0.2, 0) is 11.2 Å². The van der Waals surface area contributed by atoms with E-state index < -0.39 is 0 Å². The molecule has 0 aliphatic rings. The quantitative estimate of drug-likeness (QED) is 0.700. The van der Waals surface area contributed by atoms with Crippen LogP contribution in [0.15, 0.2) is 48.5 Å². The summed E-state index contributed by atoms with van der Waals surface area (Å²) in [4.78, 5) is 24.1. The van der Waals surface area contributed by atoms with Crippen molar-refractivity contribution < 1.29 is 19.1 Å². The lowest BCUT2D eigenvalue weighted by Gasteiger charge is -2.10. The van der Waals surface area contributed by atoms with E-state index in [4.69, 9.17) is 9.47 Å². The van der Waals surface area contributed by atoms with Crippen LogP contribution in [0.3, 0.4) is 0 Å². The fourth-order valence-corrected chi connectivity index (χ4v) is 2.29. The number of amides is 2. The number of ether oxygens (including phenoxy) is 2. The smallest absolute Gasteiger partial charge is 0.269 e. The SMILES string of the molecule is COc1ccc(CC(=O)NNC(=O)c2ccc(OCCC(C)C)cc2)cc1. The Labute approximate surface area is 159 Å². The van der Waals surface area contributed by atoms with Crippen LogP contribution in [0, 0.1) is 5.92 Å². The fraction of sp³-hybridized carbons (Fsp3) is 0.333. The van der Waals surface area contributed by atoms with Crippen molar-refractivity contribution in [1.82, 2.24) is 10.9 Å². The van der Waals surface area contributed by atoms with Crippen molar-refractivity contribution in [2.75, 3.05) is 13.7 Å². The van der Waals surface area contributed by atoms with Crippen molar-refractivity contribution in [3.63, 3.8) is 0 Å². The third-order valence-corrected chi connectivity index (χ3v) is 3.92. The summed E-state index contributed by atoms with van der Waals surface area (Å²) in [6.07, 6.45) is 1.13. The Morgan fingerprint density at radius 3 is 2.15 bits per heavy atom. The molecule has 0 bridgehead atoms. The van der Waals surface area contributed by atoms with Gasteiger partial charge in [0.15, 0.2) is 0 Å². The van der Waals surface area contributed by atoms with Crippen molar-refractivity contribution in [3.05, 3.63) is 59.7 Å². The lowest BCUT2D eigenvalue weighted by atomic mass is 10.1. The number of hydrogen-bond donors (Lipinski definition) is 2. The van der Waals surface area contributed by atoms with E-state index in [-0.39, 0.29) is 18.2 Å². The van der Waals surface area contributed by atoms with Crippen molar-refractivity contribution in [1.29, 1.82) is 0 Å². The summed E-state index contributed by atoms with van der Waals surface area (Å²) in [5.74, 6) is 1.34. The van der Waals surface area contributed by atoms with E-state index >= 15 is 0 Å². The molecule has 0 aromatic heterocycles. The molecule has 6 nitrogen and oxygen atoms in total. The molecular formula is C21H26N2O4. The molecule has 0 unspecified atom stereocenters. The van der Waals surface area contributed by atoms with Crippen LogP contribution < -0.4 is 20.3 Å². The van der Waals surface area contributed by atoms with Gasteiger partial charge in [0.05, 0.1) is 20.1 Å². The maximum atomic E-state index is 12.1. The first-order chi connectivity index (χ1) is 13.0. The molecule has 2 amide bonds. The summed E-state index contributed by atoms with van der Waals surface area (Å²) < 4.78 is 10.7. The Hall–Kier alpha value is -3.02. The Kier molecular flexibility index (Phi) is 7.67. The molecule has 6 heteroatoms. The topological polar surface area (TPSA) is 76.7 Å². The summed E-state index contributed by atoms with van der Waals surface area (Å²) >= 11 is 0. The highest BCUT2D eigenvalue weighted by molar-refractivity contribution is 5.95. The van der Waals surface area contributed by atoms with Crippen LogP contribution in [0.25, 0.3) is 0 Å². The number of hydrazine groups is 1. The molecule has 0 spiro atoms. The van der Waals surface area contributed by atoms with Gasteiger partial charge in [-0.05, 0) is 54.3 Å². The standard InChI is InChI=1S/C21H26N2O4/c1-15(2)12-13-27-19-10-6-17(7-11-19)21(25)23-22-20(24)14-16-4-8-18(26-3)9-5-16/h4-11,15H,12-14H2,1-3H3,(H,22,24)(H,23,25). The zero-order valence-corrected chi connectivity index (χ0v) is 16.0. The second-order valence-electron chi connectivity index (χ2n) is 6.58. The molecule has 0 heterocycles. The molecule has 2 rings (SSSR count). The first-order valence-corrected chi connectivity index (χ1v) is 8.93. The number of nitrogens with one attached hydrogen (secondary N) is 2. The zero-order chi connectivity index (χ0) is 19.6. The number of methoxy groups -OCH3 is 1. The highest BCUT2D eigenvalue weighted by Crippen LogP contribution is 2.14. The second kappa shape index (κ2) is 10.2. The number of carbonyl (C=O) groups excluding carboxylic acids is 2. The Balaban J connectivity index is 1.77. The van der Waals surface area contributed by atoms with E-state index in [1.165, 1.54) is 0 Å².